The van der Waals surface area contributed by atoms with Crippen molar-refractivity contribution >= 4 is 38.9 Å². The van der Waals surface area contributed by atoms with Crippen molar-refractivity contribution in [3.8, 4) is 5.75 Å². The van der Waals surface area contributed by atoms with Gasteiger partial charge >= 0.3 is 0 Å². The van der Waals surface area contributed by atoms with Gasteiger partial charge in [-0.05, 0) is 73.6 Å². The Balaban J connectivity index is 1.53. The zero-order valence-electron chi connectivity index (χ0n) is 18.1. The van der Waals surface area contributed by atoms with Crippen LogP contribution in [0, 0.1) is 0 Å². The predicted octanol–water partition coefficient (Wildman–Crippen LogP) is 3.73. The van der Waals surface area contributed by atoms with E-state index in [4.69, 9.17) is 17.0 Å². The fourth-order valence-corrected chi connectivity index (χ4v) is 4.25. The van der Waals surface area contributed by atoms with Gasteiger partial charge in [-0.25, -0.2) is 13.1 Å². The van der Waals surface area contributed by atoms with Crippen molar-refractivity contribution in [1.29, 1.82) is 0 Å². The van der Waals surface area contributed by atoms with Gasteiger partial charge in [-0.2, -0.15) is 0 Å². The topological polar surface area (TPSA) is 96.5 Å². The first-order chi connectivity index (χ1) is 15.9. The second kappa shape index (κ2) is 11.6. The van der Waals surface area contributed by atoms with E-state index in [1.807, 2.05) is 37.3 Å². The van der Waals surface area contributed by atoms with E-state index >= 15 is 0 Å². The zero-order valence-corrected chi connectivity index (χ0v) is 19.7. The molecule has 0 unspecified atom stereocenters. The number of benzene rings is 3. The first kappa shape index (κ1) is 24.4. The molecule has 3 aromatic carbocycles. The fourth-order valence-electron chi connectivity index (χ4n) is 3.01. The lowest BCUT2D eigenvalue weighted by Crippen LogP contribution is -2.34. The molecule has 3 aromatic rings. The van der Waals surface area contributed by atoms with Gasteiger partial charge in [0.05, 0.1) is 11.5 Å². The second-order valence-corrected chi connectivity index (χ2v) is 9.20. The molecule has 0 fully saturated rings. The molecule has 0 saturated carbocycles. The summed E-state index contributed by atoms with van der Waals surface area (Å²) in [5.41, 5.74) is 2.01. The van der Waals surface area contributed by atoms with Crippen molar-refractivity contribution in [3.05, 3.63) is 90.0 Å². The molecule has 1 amide bonds. The summed E-state index contributed by atoms with van der Waals surface area (Å²) in [7, 11) is -3.63. The molecule has 0 aliphatic heterocycles. The SMILES string of the molecule is CCOc1cccc(C(=O)NC(=S)Nc2ccc(S(=O)(=O)NCCc3ccccc3)cc2)c1. The van der Waals surface area contributed by atoms with Gasteiger partial charge in [0.25, 0.3) is 5.91 Å². The first-order valence-corrected chi connectivity index (χ1v) is 12.3. The largest absolute Gasteiger partial charge is 0.494 e. The lowest BCUT2D eigenvalue weighted by atomic mass is 10.2. The van der Waals surface area contributed by atoms with Crippen LogP contribution in [-0.2, 0) is 16.4 Å². The molecule has 0 heterocycles. The number of rotatable bonds is 9. The fraction of sp³-hybridized carbons (Fsp3) is 0.167. The lowest BCUT2D eigenvalue weighted by Gasteiger charge is -2.11. The molecular formula is C24H25N3O4S2. The molecular weight excluding hydrogens is 458 g/mol. The van der Waals surface area contributed by atoms with Crippen molar-refractivity contribution in [2.75, 3.05) is 18.5 Å². The molecule has 0 saturated heterocycles. The highest BCUT2D eigenvalue weighted by atomic mass is 32.2. The van der Waals surface area contributed by atoms with Crippen LogP contribution in [0.2, 0.25) is 0 Å². The average molecular weight is 484 g/mol. The van der Waals surface area contributed by atoms with Gasteiger partial charge in [-0.1, -0.05) is 36.4 Å². The predicted molar refractivity (Wildman–Crippen MR) is 133 cm³/mol. The minimum absolute atomic E-state index is 0.0957. The van der Waals surface area contributed by atoms with Crippen LogP contribution in [-0.4, -0.2) is 32.6 Å². The van der Waals surface area contributed by atoms with Gasteiger partial charge in [0, 0.05) is 17.8 Å². The van der Waals surface area contributed by atoms with Gasteiger partial charge < -0.3 is 10.1 Å². The molecule has 172 valence electrons. The smallest absolute Gasteiger partial charge is 0.257 e. The Kier molecular flexibility index (Phi) is 8.53. The average Bonchev–Trinajstić information content (AvgIpc) is 2.80. The Morgan fingerprint density at radius 1 is 0.970 bits per heavy atom. The third-order valence-electron chi connectivity index (χ3n) is 4.61. The van der Waals surface area contributed by atoms with Gasteiger partial charge in [-0.15, -0.1) is 0 Å². The quantitative estimate of drug-likeness (QED) is 0.402. The van der Waals surface area contributed by atoms with Crippen LogP contribution in [0.5, 0.6) is 5.75 Å². The van der Waals surface area contributed by atoms with E-state index in [0.717, 1.165) is 5.56 Å². The van der Waals surface area contributed by atoms with Crippen LogP contribution in [0.3, 0.4) is 0 Å². The zero-order chi connectivity index (χ0) is 23.7. The summed E-state index contributed by atoms with van der Waals surface area (Å²) in [5.74, 6) is 0.217. The maximum absolute atomic E-state index is 12.5. The Labute approximate surface area is 199 Å². The molecule has 9 heteroatoms. The van der Waals surface area contributed by atoms with E-state index in [9.17, 15) is 13.2 Å². The number of hydrogen-bond donors (Lipinski definition) is 3. The number of sulfonamides is 1. The third-order valence-corrected chi connectivity index (χ3v) is 6.29. The van der Waals surface area contributed by atoms with Crippen molar-refractivity contribution in [2.24, 2.45) is 0 Å². The summed E-state index contributed by atoms with van der Waals surface area (Å²) in [6.07, 6.45) is 0.598. The number of nitrogens with one attached hydrogen (secondary N) is 3. The maximum atomic E-state index is 12.5. The molecule has 0 aliphatic rings. The molecule has 0 aliphatic carbocycles. The monoisotopic (exact) mass is 483 g/mol. The van der Waals surface area contributed by atoms with Crippen molar-refractivity contribution in [3.63, 3.8) is 0 Å². The van der Waals surface area contributed by atoms with E-state index in [2.05, 4.69) is 15.4 Å². The number of hydrogen-bond acceptors (Lipinski definition) is 5. The molecule has 7 nitrogen and oxygen atoms in total. The van der Waals surface area contributed by atoms with Gasteiger partial charge in [-0.3, -0.25) is 10.1 Å². The Hall–Kier alpha value is -3.27. The minimum Gasteiger partial charge on any atom is -0.494 e. The number of carbonyl (C=O) groups excluding carboxylic acids is 1. The summed E-state index contributed by atoms with van der Waals surface area (Å²) < 4.78 is 33.0. The minimum atomic E-state index is -3.63. The molecule has 0 atom stereocenters. The lowest BCUT2D eigenvalue weighted by molar-refractivity contribution is 0.0977. The summed E-state index contributed by atoms with van der Waals surface area (Å²) >= 11 is 5.20. The standard InChI is InChI=1S/C24H25N3O4S2/c1-2-31-21-10-6-9-19(17-21)23(28)27-24(32)26-20-11-13-22(14-12-20)33(29,30)25-16-15-18-7-4-3-5-8-18/h3-14,17,25H,2,15-16H2,1H3,(H2,26,27,28,32). The number of carbonyl (C=O) groups is 1. The molecule has 3 N–H and O–H groups in total. The van der Waals surface area contributed by atoms with E-state index in [1.54, 1.807) is 36.4 Å². The maximum Gasteiger partial charge on any atom is 0.257 e. The summed E-state index contributed by atoms with van der Waals surface area (Å²) in [6, 6.07) is 22.6. The normalized spacial score (nSPS) is 10.9. The molecule has 33 heavy (non-hydrogen) atoms. The van der Waals surface area contributed by atoms with Crippen molar-refractivity contribution < 1.29 is 17.9 Å². The molecule has 3 rings (SSSR count). The van der Waals surface area contributed by atoms with Crippen molar-refractivity contribution in [1.82, 2.24) is 10.0 Å². The molecule has 0 aromatic heterocycles. The second-order valence-electron chi connectivity index (χ2n) is 7.03. The van der Waals surface area contributed by atoms with Gasteiger partial charge in [0.15, 0.2) is 5.11 Å². The Morgan fingerprint density at radius 2 is 1.70 bits per heavy atom. The third kappa shape index (κ3) is 7.38. The van der Waals surface area contributed by atoms with Crippen LogP contribution >= 0.6 is 12.2 Å². The Bertz CT molecular complexity index is 1200. The number of thiocarbonyl (C=S) groups is 1. The summed E-state index contributed by atoms with van der Waals surface area (Å²) in [4.78, 5) is 12.6. The van der Waals surface area contributed by atoms with Crippen LogP contribution in [0.4, 0.5) is 5.69 Å². The van der Waals surface area contributed by atoms with Crippen LogP contribution in [0.1, 0.15) is 22.8 Å². The first-order valence-electron chi connectivity index (χ1n) is 10.4. The van der Waals surface area contributed by atoms with Crippen molar-refractivity contribution in [2.45, 2.75) is 18.2 Å². The van der Waals surface area contributed by atoms with E-state index in [1.165, 1.54) is 12.1 Å². The number of amides is 1. The summed E-state index contributed by atoms with van der Waals surface area (Å²) in [6.45, 7) is 2.66. The van der Waals surface area contributed by atoms with Crippen LogP contribution in [0.15, 0.2) is 83.8 Å². The number of ether oxygens (including phenoxy) is 1. The Morgan fingerprint density at radius 3 is 2.39 bits per heavy atom. The van der Waals surface area contributed by atoms with Gasteiger partial charge in [0.2, 0.25) is 10.0 Å². The summed E-state index contributed by atoms with van der Waals surface area (Å²) in [5, 5.41) is 5.57. The molecule has 0 bridgehead atoms. The van der Waals surface area contributed by atoms with Gasteiger partial charge in [0.1, 0.15) is 5.75 Å². The highest BCUT2D eigenvalue weighted by molar-refractivity contribution is 7.89. The van der Waals surface area contributed by atoms with Crippen LogP contribution < -0.4 is 20.1 Å². The molecule has 0 spiro atoms. The van der Waals surface area contributed by atoms with E-state index in [0.29, 0.717) is 36.6 Å². The highest BCUT2D eigenvalue weighted by Crippen LogP contribution is 2.15. The van der Waals surface area contributed by atoms with E-state index in [-0.39, 0.29) is 15.9 Å². The van der Waals surface area contributed by atoms with E-state index < -0.39 is 10.0 Å². The molecule has 0 radical (unpaired) electrons. The van der Waals surface area contributed by atoms with Crippen LogP contribution in [0.25, 0.3) is 0 Å². The number of anilines is 1. The highest BCUT2D eigenvalue weighted by Gasteiger charge is 2.14.